The Balaban J connectivity index is 1.91. The van der Waals surface area contributed by atoms with Crippen LogP contribution in [0.1, 0.15) is 55.6 Å². The minimum Gasteiger partial charge on any atom is -0.326 e. The third-order valence-electron chi connectivity index (χ3n) is 6.56. The van der Waals surface area contributed by atoms with Gasteiger partial charge in [0.25, 0.3) is 11.8 Å². The molecule has 1 aliphatic carbocycles. The number of allylic oxidation sites excluding steroid dienone is 1. The van der Waals surface area contributed by atoms with Crippen molar-refractivity contribution in [2.24, 2.45) is 5.41 Å². The van der Waals surface area contributed by atoms with Gasteiger partial charge in [0.05, 0.1) is 11.6 Å². The Labute approximate surface area is 199 Å². The van der Waals surface area contributed by atoms with Gasteiger partial charge >= 0.3 is 6.18 Å². The van der Waals surface area contributed by atoms with Gasteiger partial charge in [0, 0.05) is 17.7 Å². The van der Waals surface area contributed by atoms with Crippen LogP contribution in [-0.4, -0.2) is 34.2 Å². The number of rotatable bonds is 4. The van der Waals surface area contributed by atoms with Gasteiger partial charge in [-0.1, -0.05) is 44.2 Å². The smallest absolute Gasteiger partial charge is 0.326 e. The van der Waals surface area contributed by atoms with E-state index in [1.54, 1.807) is 51.1 Å². The maximum atomic E-state index is 14.9. The van der Waals surface area contributed by atoms with Gasteiger partial charge in [-0.25, -0.2) is 4.39 Å². The maximum Gasteiger partial charge on any atom is 0.425 e. The number of hydrogen-bond acceptors (Lipinski definition) is 3. The lowest BCUT2D eigenvalue weighted by Crippen LogP contribution is -2.66. The molecule has 2 amide bonds. The molecule has 0 spiro atoms. The number of amides is 2. The molecule has 35 heavy (non-hydrogen) atoms. The number of nitrogens with one attached hydrogen (secondary N) is 1. The summed E-state index contributed by atoms with van der Waals surface area (Å²) in [7, 11) is 0. The van der Waals surface area contributed by atoms with E-state index in [4.69, 9.17) is 0 Å². The Morgan fingerprint density at radius 2 is 1.60 bits per heavy atom. The fraction of sp³-hybridized carbons (Fsp3) is 0.346. The fourth-order valence-electron chi connectivity index (χ4n) is 4.91. The molecular formula is C26H24F4N2O3. The predicted octanol–water partition coefficient (Wildman–Crippen LogP) is 5.10. The first-order chi connectivity index (χ1) is 16.3. The Hall–Kier alpha value is -3.49. The average Bonchev–Trinajstić information content (AvgIpc) is 3.01. The lowest BCUT2D eigenvalue weighted by molar-refractivity contribution is -0.191. The quantitative estimate of drug-likeness (QED) is 0.609. The lowest BCUT2D eigenvalue weighted by atomic mass is 9.72. The number of ketones is 1. The van der Waals surface area contributed by atoms with Crippen molar-refractivity contribution in [1.82, 2.24) is 10.2 Å². The number of alkyl halides is 3. The number of nitrogens with zero attached hydrogens (tertiary/aromatic N) is 1. The number of hydrogen-bond donors (Lipinski definition) is 1. The van der Waals surface area contributed by atoms with Crippen LogP contribution in [0.2, 0.25) is 0 Å². The molecule has 2 atom stereocenters. The van der Waals surface area contributed by atoms with Crippen LogP contribution < -0.4 is 5.32 Å². The van der Waals surface area contributed by atoms with Crippen LogP contribution in [-0.2, 0) is 9.59 Å². The number of carbonyl (C=O) groups excluding carboxylic acids is 3. The van der Waals surface area contributed by atoms with Crippen LogP contribution in [0.5, 0.6) is 0 Å². The monoisotopic (exact) mass is 488 g/mol. The molecule has 0 fully saturated rings. The van der Waals surface area contributed by atoms with Crippen molar-refractivity contribution < 1.29 is 31.9 Å². The van der Waals surface area contributed by atoms with E-state index < -0.39 is 52.2 Å². The SMILES string of the molecule is C[C@H](c1ccccc1)N1C(=O)[C@](NC(=O)c2ccc(F)cc2)(C(F)(F)F)C2=C1CC(C)(C)CC2=O. The Morgan fingerprint density at radius 1 is 1.00 bits per heavy atom. The van der Waals surface area contributed by atoms with E-state index in [2.05, 4.69) is 0 Å². The number of halogens is 4. The topological polar surface area (TPSA) is 66.5 Å². The number of Topliss-reactive ketones (excluding diaryl/α,β-unsaturated/α-hetero) is 1. The van der Waals surface area contributed by atoms with Crippen molar-refractivity contribution in [3.63, 3.8) is 0 Å². The van der Waals surface area contributed by atoms with Crippen LogP contribution in [0.15, 0.2) is 65.9 Å². The second-order valence-corrected chi connectivity index (χ2v) is 9.73. The van der Waals surface area contributed by atoms with Gasteiger partial charge in [-0.3, -0.25) is 14.4 Å². The third kappa shape index (κ3) is 4.02. The van der Waals surface area contributed by atoms with E-state index in [0.717, 1.165) is 29.2 Å². The van der Waals surface area contributed by atoms with Gasteiger partial charge in [0.15, 0.2) is 5.78 Å². The maximum absolute atomic E-state index is 14.9. The summed E-state index contributed by atoms with van der Waals surface area (Å²) < 4.78 is 57.9. The van der Waals surface area contributed by atoms with Crippen molar-refractivity contribution in [2.45, 2.75) is 51.4 Å². The standard InChI is InChI=1S/C26H24F4N2O3/c1-15(16-7-5-4-6-8-16)32-19-13-24(2,3)14-20(33)21(19)25(23(32)35,26(28,29)30)31-22(34)17-9-11-18(27)12-10-17/h4-12,15H,13-14H2,1-3H3,(H,31,34)/t15-,25+/m1/s1. The molecule has 2 aliphatic rings. The Bertz CT molecular complexity index is 1220. The molecule has 1 N–H and O–H groups in total. The molecule has 0 radical (unpaired) electrons. The van der Waals surface area contributed by atoms with Gasteiger partial charge in [-0.15, -0.1) is 0 Å². The zero-order chi connectivity index (χ0) is 25.8. The Kier molecular flexibility index (Phi) is 5.85. The number of carbonyl (C=O) groups is 3. The number of benzene rings is 2. The van der Waals surface area contributed by atoms with Crippen molar-refractivity contribution in [2.75, 3.05) is 0 Å². The molecule has 0 aromatic heterocycles. The van der Waals surface area contributed by atoms with E-state index in [9.17, 15) is 31.9 Å². The van der Waals surface area contributed by atoms with Gasteiger partial charge < -0.3 is 10.2 Å². The van der Waals surface area contributed by atoms with Crippen molar-refractivity contribution in [1.29, 1.82) is 0 Å². The highest BCUT2D eigenvalue weighted by atomic mass is 19.4. The highest BCUT2D eigenvalue weighted by Crippen LogP contribution is 2.53. The van der Waals surface area contributed by atoms with Crippen LogP contribution >= 0.6 is 0 Å². The highest BCUT2D eigenvalue weighted by molar-refractivity contribution is 6.14. The lowest BCUT2D eigenvalue weighted by Gasteiger charge is -2.35. The summed E-state index contributed by atoms with van der Waals surface area (Å²) in [5.41, 5.74) is -4.72. The largest absolute Gasteiger partial charge is 0.425 e. The summed E-state index contributed by atoms with van der Waals surface area (Å²) in [5, 5.41) is 1.85. The zero-order valence-electron chi connectivity index (χ0n) is 19.4. The molecular weight excluding hydrogens is 464 g/mol. The summed E-state index contributed by atoms with van der Waals surface area (Å²) in [6.45, 7) is 5.07. The minimum absolute atomic E-state index is 0.0377. The fourth-order valence-corrected chi connectivity index (χ4v) is 4.91. The minimum atomic E-state index is -5.32. The second-order valence-electron chi connectivity index (χ2n) is 9.73. The molecule has 4 rings (SSSR count). The molecule has 0 unspecified atom stereocenters. The van der Waals surface area contributed by atoms with Crippen molar-refractivity contribution >= 4 is 17.6 Å². The molecule has 9 heteroatoms. The van der Waals surface area contributed by atoms with E-state index in [1.807, 2.05) is 5.32 Å². The summed E-state index contributed by atoms with van der Waals surface area (Å²) in [4.78, 5) is 40.9. The van der Waals surface area contributed by atoms with Gasteiger partial charge in [-0.2, -0.15) is 13.2 Å². The molecule has 1 heterocycles. The van der Waals surface area contributed by atoms with E-state index >= 15 is 0 Å². The Morgan fingerprint density at radius 3 is 2.17 bits per heavy atom. The molecule has 0 saturated heterocycles. The summed E-state index contributed by atoms with van der Waals surface area (Å²) in [5.74, 6) is -4.20. The van der Waals surface area contributed by atoms with E-state index in [1.165, 1.54) is 0 Å². The van der Waals surface area contributed by atoms with Crippen LogP contribution in [0, 0.1) is 11.2 Å². The van der Waals surface area contributed by atoms with Gasteiger partial charge in [-0.05, 0) is 48.6 Å². The molecule has 2 aromatic rings. The third-order valence-corrected chi connectivity index (χ3v) is 6.56. The second kappa shape index (κ2) is 8.32. The van der Waals surface area contributed by atoms with Crippen LogP contribution in [0.3, 0.4) is 0 Å². The van der Waals surface area contributed by atoms with Crippen LogP contribution in [0.25, 0.3) is 0 Å². The molecule has 0 saturated carbocycles. The summed E-state index contributed by atoms with van der Waals surface area (Å²) in [6, 6.07) is 11.5. The first kappa shape index (κ1) is 24.6. The van der Waals surface area contributed by atoms with Gasteiger partial charge in [0.2, 0.25) is 5.54 Å². The summed E-state index contributed by atoms with van der Waals surface area (Å²) >= 11 is 0. The molecule has 2 aromatic carbocycles. The van der Waals surface area contributed by atoms with Crippen molar-refractivity contribution in [3.8, 4) is 0 Å². The van der Waals surface area contributed by atoms with E-state index in [0.29, 0.717) is 5.56 Å². The predicted molar refractivity (Wildman–Crippen MR) is 119 cm³/mol. The molecule has 0 bridgehead atoms. The zero-order valence-corrected chi connectivity index (χ0v) is 19.4. The van der Waals surface area contributed by atoms with Crippen LogP contribution in [0.4, 0.5) is 17.6 Å². The van der Waals surface area contributed by atoms with Gasteiger partial charge in [0.1, 0.15) is 5.82 Å². The molecule has 184 valence electrons. The summed E-state index contributed by atoms with van der Waals surface area (Å²) in [6.07, 6.45) is -5.49. The van der Waals surface area contributed by atoms with Crippen molar-refractivity contribution in [3.05, 3.63) is 82.8 Å². The first-order valence-electron chi connectivity index (χ1n) is 11.1. The molecule has 1 aliphatic heterocycles. The first-order valence-corrected chi connectivity index (χ1v) is 11.1. The van der Waals surface area contributed by atoms with E-state index in [-0.39, 0.29) is 24.1 Å². The highest BCUT2D eigenvalue weighted by Gasteiger charge is 2.72. The average molecular weight is 488 g/mol. The normalized spacial score (nSPS) is 22.8. The molecule has 5 nitrogen and oxygen atoms in total.